The number of nitrogens with zero attached hydrogens (tertiary/aromatic N) is 1. The Kier molecular flexibility index (Phi) is 6.08. The van der Waals surface area contributed by atoms with Gasteiger partial charge < -0.3 is 5.32 Å². The number of benzene rings is 2. The van der Waals surface area contributed by atoms with Crippen molar-refractivity contribution in [2.24, 2.45) is 0 Å². The number of rotatable bonds is 7. The maximum absolute atomic E-state index is 12.8. The number of likely N-dealkylation sites (tertiary alicyclic amines) is 1. The lowest BCUT2D eigenvalue weighted by molar-refractivity contribution is -0.123. The molecule has 0 aromatic heterocycles. The van der Waals surface area contributed by atoms with Crippen LogP contribution < -0.4 is 10.6 Å². The Labute approximate surface area is 168 Å². The summed E-state index contributed by atoms with van der Waals surface area (Å²) < 4.78 is 0. The highest BCUT2D eigenvalue weighted by Crippen LogP contribution is 2.23. The molecule has 1 aliphatic heterocycles. The number of hydrogen-bond donors (Lipinski definition) is 2. The van der Waals surface area contributed by atoms with Gasteiger partial charge in [0, 0.05) is 18.6 Å². The fraction of sp³-hybridized carbons (Fsp3) is 0.458. The number of nitrogens with one attached hydrogen (secondary N) is 2. The SMILES string of the molecule is Cc1cccc(CN2CCC(NC(C(=O)NC3CC3)c3ccccc3)CC2)c1. The molecule has 1 aliphatic carbocycles. The Morgan fingerprint density at radius 2 is 1.75 bits per heavy atom. The molecule has 148 valence electrons. The molecule has 4 nitrogen and oxygen atoms in total. The molecule has 1 saturated heterocycles. The van der Waals surface area contributed by atoms with Gasteiger partial charge in [0.1, 0.15) is 6.04 Å². The molecule has 2 aliphatic rings. The summed E-state index contributed by atoms with van der Waals surface area (Å²) in [6, 6.07) is 19.4. The van der Waals surface area contributed by atoms with E-state index in [1.54, 1.807) is 0 Å². The van der Waals surface area contributed by atoms with E-state index in [9.17, 15) is 4.79 Å². The Morgan fingerprint density at radius 1 is 1.00 bits per heavy atom. The average molecular weight is 378 g/mol. The van der Waals surface area contributed by atoms with Crippen molar-refractivity contribution in [1.29, 1.82) is 0 Å². The third-order valence-electron chi connectivity index (χ3n) is 5.80. The molecule has 2 aromatic rings. The van der Waals surface area contributed by atoms with Crippen molar-refractivity contribution in [3.8, 4) is 0 Å². The van der Waals surface area contributed by atoms with E-state index in [4.69, 9.17) is 0 Å². The van der Waals surface area contributed by atoms with Crippen LogP contribution in [-0.4, -0.2) is 36.0 Å². The van der Waals surface area contributed by atoms with Gasteiger partial charge in [-0.05, 0) is 56.8 Å². The van der Waals surface area contributed by atoms with E-state index in [0.29, 0.717) is 12.1 Å². The normalized spacial score (nSPS) is 19.3. The zero-order valence-electron chi connectivity index (χ0n) is 16.7. The highest BCUT2D eigenvalue weighted by Gasteiger charge is 2.30. The first-order valence-corrected chi connectivity index (χ1v) is 10.6. The van der Waals surface area contributed by atoms with Crippen molar-refractivity contribution in [2.45, 2.75) is 57.3 Å². The van der Waals surface area contributed by atoms with E-state index in [1.807, 2.05) is 18.2 Å². The summed E-state index contributed by atoms with van der Waals surface area (Å²) >= 11 is 0. The Morgan fingerprint density at radius 3 is 2.43 bits per heavy atom. The van der Waals surface area contributed by atoms with Gasteiger partial charge in [-0.3, -0.25) is 15.0 Å². The molecule has 1 amide bonds. The molecule has 2 aromatic carbocycles. The number of carbonyl (C=O) groups is 1. The summed E-state index contributed by atoms with van der Waals surface area (Å²) in [5, 5.41) is 6.84. The van der Waals surface area contributed by atoms with Gasteiger partial charge in [0.05, 0.1) is 0 Å². The molecule has 1 unspecified atom stereocenters. The molecular formula is C24H31N3O. The van der Waals surface area contributed by atoms with Gasteiger partial charge in [-0.15, -0.1) is 0 Å². The quantitative estimate of drug-likeness (QED) is 0.775. The van der Waals surface area contributed by atoms with E-state index in [2.05, 4.69) is 58.9 Å². The van der Waals surface area contributed by atoms with Gasteiger partial charge in [-0.25, -0.2) is 0 Å². The first-order valence-electron chi connectivity index (χ1n) is 10.6. The fourth-order valence-electron chi connectivity index (χ4n) is 4.04. The van der Waals surface area contributed by atoms with Gasteiger partial charge >= 0.3 is 0 Å². The number of hydrogen-bond acceptors (Lipinski definition) is 3. The Hall–Kier alpha value is -2.17. The van der Waals surface area contributed by atoms with Crippen LogP contribution in [0.1, 0.15) is 48.4 Å². The zero-order valence-corrected chi connectivity index (χ0v) is 16.7. The van der Waals surface area contributed by atoms with E-state index in [0.717, 1.165) is 50.9 Å². The topological polar surface area (TPSA) is 44.4 Å². The van der Waals surface area contributed by atoms with Crippen molar-refractivity contribution >= 4 is 5.91 Å². The maximum Gasteiger partial charge on any atom is 0.241 e. The molecule has 1 atom stereocenters. The highest BCUT2D eigenvalue weighted by atomic mass is 16.2. The number of amides is 1. The predicted molar refractivity (Wildman–Crippen MR) is 113 cm³/mol. The van der Waals surface area contributed by atoms with Crippen LogP contribution >= 0.6 is 0 Å². The summed E-state index contributed by atoms with van der Waals surface area (Å²) in [5.74, 6) is 0.121. The highest BCUT2D eigenvalue weighted by molar-refractivity contribution is 5.83. The Bertz CT molecular complexity index is 779. The number of piperidine rings is 1. The second-order valence-electron chi connectivity index (χ2n) is 8.33. The second-order valence-corrected chi connectivity index (χ2v) is 8.33. The molecule has 1 heterocycles. The average Bonchev–Trinajstić information content (AvgIpc) is 3.52. The molecule has 4 rings (SSSR count). The molecule has 0 radical (unpaired) electrons. The van der Waals surface area contributed by atoms with Crippen LogP contribution in [0.4, 0.5) is 0 Å². The maximum atomic E-state index is 12.8. The van der Waals surface area contributed by atoms with Crippen molar-refractivity contribution in [1.82, 2.24) is 15.5 Å². The third-order valence-corrected chi connectivity index (χ3v) is 5.80. The number of aryl methyl sites for hydroxylation is 1. The minimum absolute atomic E-state index is 0.121. The summed E-state index contributed by atoms with van der Waals surface area (Å²) in [6.45, 7) is 5.30. The van der Waals surface area contributed by atoms with E-state index < -0.39 is 0 Å². The molecule has 0 bridgehead atoms. The minimum Gasteiger partial charge on any atom is -0.352 e. The molecule has 4 heteroatoms. The van der Waals surface area contributed by atoms with Crippen molar-refractivity contribution in [2.75, 3.05) is 13.1 Å². The summed E-state index contributed by atoms with van der Waals surface area (Å²) in [7, 11) is 0. The predicted octanol–water partition coefficient (Wildman–Crippen LogP) is 3.57. The molecular weight excluding hydrogens is 346 g/mol. The largest absolute Gasteiger partial charge is 0.352 e. The summed E-state index contributed by atoms with van der Waals surface area (Å²) in [5.41, 5.74) is 3.77. The van der Waals surface area contributed by atoms with Gasteiger partial charge in [0.15, 0.2) is 0 Å². The van der Waals surface area contributed by atoms with E-state index in [-0.39, 0.29) is 11.9 Å². The lowest BCUT2D eigenvalue weighted by Crippen LogP contribution is -2.47. The van der Waals surface area contributed by atoms with Crippen LogP contribution in [0.25, 0.3) is 0 Å². The monoisotopic (exact) mass is 377 g/mol. The van der Waals surface area contributed by atoms with Gasteiger partial charge in [0.2, 0.25) is 5.91 Å². The standard InChI is InChI=1S/C24H31N3O/c1-18-6-5-7-19(16-18)17-27-14-12-22(13-15-27)25-23(20-8-3-2-4-9-20)24(28)26-21-10-11-21/h2-9,16,21-23,25H,10-15,17H2,1H3,(H,26,28). The first kappa shape index (κ1) is 19.2. The van der Waals surface area contributed by atoms with Crippen LogP contribution in [0.3, 0.4) is 0 Å². The number of carbonyl (C=O) groups excluding carboxylic acids is 1. The van der Waals surface area contributed by atoms with Gasteiger partial charge in [-0.1, -0.05) is 60.2 Å². The van der Waals surface area contributed by atoms with Gasteiger partial charge in [0.25, 0.3) is 0 Å². The summed E-state index contributed by atoms with van der Waals surface area (Å²) in [4.78, 5) is 15.3. The second kappa shape index (κ2) is 8.89. The van der Waals surface area contributed by atoms with Crippen LogP contribution in [0.2, 0.25) is 0 Å². The van der Waals surface area contributed by atoms with Crippen LogP contribution in [0.5, 0.6) is 0 Å². The van der Waals surface area contributed by atoms with Crippen molar-refractivity contribution in [3.05, 3.63) is 71.3 Å². The van der Waals surface area contributed by atoms with Crippen LogP contribution in [0, 0.1) is 6.92 Å². The molecule has 0 spiro atoms. The van der Waals surface area contributed by atoms with Crippen LogP contribution in [-0.2, 0) is 11.3 Å². The molecule has 2 fully saturated rings. The lowest BCUT2D eigenvalue weighted by atomic mass is 9.99. The molecule has 1 saturated carbocycles. The smallest absolute Gasteiger partial charge is 0.241 e. The van der Waals surface area contributed by atoms with Crippen LogP contribution in [0.15, 0.2) is 54.6 Å². The van der Waals surface area contributed by atoms with E-state index >= 15 is 0 Å². The van der Waals surface area contributed by atoms with E-state index in [1.165, 1.54) is 11.1 Å². The van der Waals surface area contributed by atoms with Gasteiger partial charge in [-0.2, -0.15) is 0 Å². The lowest BCUT2D eigenvalue weighted by Gasteiger charge is -2.34. The third kappa shape index (κ3) is 5.21. The molecule has 2 N–H and O–H groups in total. The fourth-order valence-corrected chi connectivity index (χ4v) is 4.04. The first-order chi connectivity index (χ1) is 13.7. The Balaban J connectivity index is 1.34. The molecule has 28 heavy (non-hydrogen) atoms. The summed E-state index contributed by atoms with van der Waals surface area (Å²) in [6.07, 6.45) is 4.38. The van der Waals surface area contributed by atoms with Crippen molar-refractivity contribution in [3.63, 3.8) is 0 Å². The van der Waals surface area contributed by atoms with Crippen molar-refractivity contribution < 1.29 is 4.79 Å². The zero-order chi connectivity index (χ0) is 19.3. The minimum atomic E-state index is -0.255.